The van der Waals surface area contributed by atoms with Crippen molar-refractivity contribution in [1.29, 1.82) is 0 Å². The van der Waals surface area contributed by atoms with Gasteiger partial charge < -0.3 is 11.3 Å². The average Bonchev–Trinajstić information content (AvgIpc) is 2.10. The maximum absolute atomic E-state index is 10.1. The van der Waals surface area contributed by atoms with Crippen LogP contribution in [0.25, 0.3) is 0 Å². The zero-order valence-electron chi connectivity index (χ0n) is 11.1. The van der Waals surface area contributed by atoms with Crippen molar-refractivity contribution in [3.8, 4) is 0 Å². The summed E-state index contributed by atoms with van der Waals surface area (Å²) in [6, 6.07) is 0. The summed E-state index contributed by atoms with van der Waals surface area (Å²) in [6.45, 7) is 14.5. The first-order valence-electron chi connectivity index (χ1n) is 5.15. The first kappa shape index (κ1) is 13.7. The van der Waals surface area contributed by atoms with E-state index in [-0.39, 0.29) is 16.5 Å². The molecule has 1 N–H and O–H groups in total. The van der Waals surface area contributed by atoms with Gasteiger partial charge in [0.25, 0.3) is 0 Å². The Labute approximate surface area is 87.6 Å². The summed E-state index contributed by atoms with van der Waals surface area (Å²) in [6.07, 6.45) is 3.40. The zero-order valence-corrected chi connectivity index (χ0v) is 17.5. The molecule has 1 aliphatic heterocycles. The van der Waals surface area contributed by atoms with Gasteiger partial charge in [0.15, 0.2) is 0 Å². The van der Waals surface area contributed by atoms with Crippen LogP contribution in [0.4, 0.5) is 0 Å². The summed E-state index contributed by atoms with van der Waals surface area (Å²) in [5.41, 5.74) is 0.532. The quantitative estimate of drug-likeness (QED) is 0.559. The molecule has 0 atom stereocenters. The van der Waals surface area contributed by atoms with Crippen molar-refractivity contribution in [2.75, 3.05) is 0 Å². The fourth-order valence-corrected chi connectivity index (χ4v) is 2.42. The summed E-state index contributed by atoms with van der Waals surface area (Å²) in [5, 5.41) is 11.5. The van der Waals surface area contributed by atoms with Gasteiger partial charge in [0.05, 0.1) is 0 Å². The van der Waals surface area contributed by atoms with E-state index in [1.165, 1.54) is 10.6 Å². The number of hydrogen-bond donors (Lipinski definition) is 1. The van der Waals surface area contributed by atoms with Crippen LogP contribution in [-0.2, 0) is 0 Å². The fourth-order valence-electron chi connectivity index (χ4n) is 2.42. The second kappa shape index (κ2) is 3.07. The van der Waals surface area contributed by atoms with Crippen LogP contribution in [-0.4, -0.2) is 21.3 Å². The monoisotopic (exact) mass is 463 g/mol. The maximum atomic E-state index is 10.1. The Morgan fingerprint density at radius 2 is 1.53 bits per heavy atom. The van der Waals surface area contributed by atoms with E-state index in [9.17, 15) is 5.21 Å². The summed E-state index contributed by atoms with van der Waals surface area (Å²) in [7, 11) is 0. The minimum Gasteiger partial charge on any atom is -0.472 e. The Morgan fingerprint density at radius 1 is 1.13 bits per heavy atom. The average molecular weight is 463 g/mol. The first-order chi connectivity index (χ1) is 5.99. The molecule has 0 saturated heterocycles. The van der Waals surface area contributed by atoms with Crippen LogP contribution < -0.4 is 0 Å². The van der Waals surface area contributed by atoms with Crippen LogP contribution in [0, 0.1) is 11.5 Å². The van der Waals surface area contributed by atoms with Gasteiger partial charge in [-0.25, -0.2) is 10.6 Å². The predicted octanol–water partition coefficient (Wildman–Crippen LogP) is 3.02. The van der Waals surface area contributed by atoms with Crippen LogP contribution >= 0.6 is 0 Å². The van der Waals surface area contributed by atoms with E-state index in [1.807, 2.05) is 27.7 Å². The molecular weight excluding hydrogens is 441 g/mol. The smallest absolute Gasteiger partial charge is 0.0280 e. The van der Waals surface area contributed by atoms with Gasteiger partial charge in [-0.1, -0.05) is 40.2 Å². The molecule has 1 rings (SSSR count). The van der Waals surface area contributed by atoms with E-state index in [2.05, 4.69) is 26.8 Å². The molecule has 0 fully saturated rings. The first-order valence-corrected chi connectivity index (χ1v) is 5.15. The Morgan fingerprint density at radius 3 is 1.67 bits per heavy atom. The molecule has 0 bridgehead atoms. The summed E-state index contributed by atoms with van der Waals surface area (Å²) >= 11 is 0. The van der Waals surface area contributed by atoms with E-state index < -0.39 is 0 Å². The standard InChI is InChI=1S/C12H22NO.Rf/c1-10(2,3)9-8-11(4,5)13(14)12(9,6)7;/h14H,1-7H3;/q-1;. The summed E-state index contributed by atoms with van der Waals surface area (Å²) in [5.74, 6) is 0. The van der Waals surface area contributed by atoms with E-state index in [0.29, 0.717) is 0 Å². The van der Waals surface area contributed by atoms with Crippen molar-refractivity contribution >= 4 is 0 Å². The minimum absolute atomic E-state index is 0. The molecule has 1 heterocycles. The van der Waals surface area contributed by atoms with Crippen LogP contribution in [0.15, 0.2) is 5.57 Å². The van der Waals surface area contributed by atoms with Gasteiger partial charge in [0.1, 0.15) is 0 Å². The van der Waals surface area contributed by atoms with Crippen LogP contribution in [0.3, 0.4) is 0 Å². The number of hydrogen-bond acceptors (Lipinski definition) is 2. The minimum atomic E-state index is -0.383. The second-order valence-corrected chi connectivity index (χ2v) is 6.18. The van der Waals surface area contributed by atoms with Gasteiger partial charge in [-0.2, -0.15) is 0 Å². The Balaban J connectivity index is 0.00000196. The van der Waals surface area contributed by atoms with E-state index in [0.717, 1.165) is 0 Å². The molecule has 0 aliphatic carbocycles. The molecule has 0 aromatic heterocycles. The molecule has 3 heteroatoms. The topological polar surface area (TPSA) is 23.5 Å². The molecule has 0 saturated carbocycles. The fraction of sp³-hybridized carbons (Fsp3) is 0.833. The SMILES string of the molecule is CC(C)(C)C1=[C-]C(C)(C)N(O)C1(C)C.[Rf]. The molecule has 0 aromatic carbocycles. The van der Waals surface area contributed by atoms with Crippen LogP contribution in [0.2, 0.25) is 0 Å². The van der Waals surface area contributed by atoms with E-state index >= 15 is 0 Å². The van der Waals surface area contributed by atoms with Crippen LogP contribution in [0.1, 0.15) is 48.5 Å². The number of hydroxylamine groups is 2. The predicted molar refractivity (Wildman–Crippen MR) is 58.0 cm³/mol. The number of rotatable bonds is 0. The number of nitrogens with zero attached hydrogens (tertiary/aromatic N) is 1. The summed E-state index contributed by atoms with van der Waals surface area (Å²) < 4.78 is 0. The molecule has 1 aliphatic rings. The molecule has 0 radical (unpaired) electrons. The largest absolute Gasteiger partial charge is 0.472 e. The maximum Gasteiger partial charge on any atom is 0.0280 e. The molecule has 0 unspecified atom stereocenters. The molecule has 2 nitrogen and oxygen atoms in total. The summed E-state index contributed by atoms with van der Waals surface area (Å²) in [4.78, 5) is 0. The van der Waals surface area contributed by atoms with Crippen molar-refractivity contribution in [1.82, 2.24) is 5.06 Å². The van der Waals surface area contributed by atoms with E-state index in [1.54, 1.807) is 0 Å². The molecule has 0 aromatic rings. The third kappa shape index (κ3) is 1.88. The van der Waals surface area contributed by atoms with Gasteiger partial charge in [-0.3, -0.25) is 0 Å². The molecular formula is C12H22NORf-. The third-order valence-electron chi connectivity index (χ3n) is 2.85. The van der Waals surface area contributed by atoms with Crippen molar-refractivity contribution in [2.24, 2.45) is 5.41 Å². The zero-order chi connectivity index (χ0) is 11.4. The van der Waals surface area contributed by atoms with Gasteiger partial charge in [0.2, 0.25) is 0 Å². The van der Waals surface area contributed by atoms with Crippen molar-refractivity contribution < 1.29 is 5.21 Å². The van der Waals surface area contributed by atoms with Gasteiger partial charge >= 0.3 is 0 Å². The molecule has 0 amide bonds. The molecule has 84 valence electrons. The van der Waals surface area contributed by atoms with Crippen molar-refractivity contribution in [3.63, 3.8) is 0 Å². The van der Waals surface area contributed by atoms with Crippen molar-refractivity contribution in [3.05, 3.63) is 11.6 Å². The van der Waals surface area contributed by atoms with Crippen LogP contribution in [0.5, 0.6) is 0 Å². The second-order valence-electron chi connectivity index (χ2n) is 6.18. The van der Waals surface area contributed by atoms with E-state index in [4.69, 9.17) is 0 Å². The molecule has 0 spiro atoms. The van der Waals surface area contributed by atoms with Gasteiger partial charge in [-0.15, -0.1) is 0 Å². The third-order valence-corrected chi connectivity index (χ3v) is 2.85. The van der Waals surface area contributed by atoms with Crippen molar-refractivity contribution in [2.45, 2.75) is 59.5 Å². The Bertz CT molecular complexity index is 274. The van der Waals surface area contributed by atoms with Gasteiger partial charge in [-0.05, 0) is 19.3 Å². The Kier molecular flexibility index (Phi) is 2.80. The van der Waals surface area contributed by atoms with Gasteiger partial charge in [0, 0.05) is 5.54 Å². The Hall–Kier alpha value is -1.34. The molecule has 15 heavy (non-hydrogen) atoms. The normalized spacial score (nSPS) is 24.7.